The third kappa shape index (κ3) is 3.90. The lowest BCUT2D eigenvalue weighted by Gasteiger charge is -2.25. The van der Waals surface area contributed by atoms with Crippen molar-refractivity contribution in [2.45, 2.75) is 39.0 Å². The second-order valence-corrected chi connectivity index (χ2v) is 8.06. The van der Waals surface area contributed by atoms with Crippen LogP contribution in [0.5, 0.6) is 0 Å². The van der Waals surface area contributed by atoms with E-state index in [-0.39, 0.29) is 11.9 Å². The number of sulfonamides is 1. The van der Waals surface area contributed by atoms with Gasteiger partial charge in [0.05, 0.1) is 37.3 Å². The maximum atomic E-state index is 12.4. The predicted octanol–water partition coefficient (Wildman–Crippen LogP) is 0.122. The lowest BCUT2D eigenvalue weighted by atomic mass is 10.2. The molecule has 1 N–H and O–H groups in total. The molecule has 9 nitrogen and oxygen atoms in total. The Labute approximate surface area is 146 Å². The Balaban J connectivity index is 1.63. The molecule has 2 aromatic heterocycles. The van der Waals surface area contributed by atoms with Crippen LogP contribution in [-0.4, -0.2) is 51.0 Å². The molecule has 0 bridgehead atoms. The normalized spacial score (nSPS) is 16.4. The highest BCUT2D eigenvalue weighted by Crippen LogP contribution is 2.16. The Morgan fingerprint density at radius 3 is 2.84 bits per heavy atom. The van der Waals surface area contributed by atoms with Crippen LogP contribution in [0.4, 0.5) is 0 Å². The molecular weight excluding hydrogens is 344 g/mol. The van der Waals surface area contributed by atoms with Gasteiger partial charge in [0.25, 0.3) is 0 Å². The fourth-order valence-corrected chi connectivity index (χ4v) is 3.70. The minimum atomic E-state index is -3.21. The van der Waals surface area contributed by atoms with Gasteiger partial charge in [-0.05, 0) is 18.6 Å². The van der Waals surface area contributed by atoms with E-state index in [2.05, 4.69) is 15.5 Å². The molecule has 10 heteroatoms. The van der Waals surface area contributed by atoms with Gasteiger partial charge in [-0.1, -0.05) is 6.92 Å². The van der Waals surface area contributed by atoms with Gasteiger partial charge >= 0.3 is 0 Å². The molecule has 0 aromatic carbocycles. The third-order valence-corrected chi connectivity index (χ3v) is 5.51. The van der Waals surface area contributed by atoms with Crippen LogP contribution in [0.3, 0.4) is 0 Å². The number of hydrogen-bond donors (Lipinski definition) is 1. The molecule has 1 aliphatic rings. The lowest BCUT2D eigenvalue weighted by molar-refractivity contribution is -0.124. The van der Waals surface area contributed by atoms with Crippen molar-refractivity contribution in [2.75, 3.05) is 12.8 Å². The zero-order valence-electron chi connectivity index (χ0n) is 14.3. The van der Waals surface area contributed by atoms with Gasteiger partial charge in [0.1, 0.15) is 6.04 Å². The Morgan fingerprint density at radius 1 is 1.40 bits per heavy atom. The topological polar surface area (TPSA) is 102 Å². The van der Waals surface area contributed by atoms with Gasteiger partial charge < -0.3 is 5.32 Å². The van der Waals surface area contributed by atoms with Crippen LogP contribution in [0.2, 0.25) is 0 Å². The number of nitrogens with one attached hydrogen (secondary N) is 1. The summed E-state index contributed by atoms with van der Waals surface area (Å²) in [6, 6.07) is 3.27. The van der Waals surface area contributed by atoms with E-state index in [1.165, 1.54) is 10.6 Å². The molecule has 2 aromatic rings. The van der Waals surface area contributed by atoms with Crippen LogP contribution >= 0.6 is 0 Å². The summed E-state index contributed by atoms with van der Waals surface area (Å²) in [5.41, 5.74) is 1.55. The fourth-order valence-electron chi connectivity index (χ4n) is 2.92. The van der Waals surface area contributed by atoms with Gasteiger partial charge in [-0.3, -0.25) is 14.2 Å². The first-order valence-electron chi connectivity index (χ1n) is 8.16. The van der Waals surface area contributed by atoms with Crippen molar-refractivity contribution >= 4 is 15.9 Å². The van der Waals surface area contributed by atoms with E-state index >= 15 is 0 Å². The van der Waals surface area contributed by atoms with Crippen LogP contribution in [0.25, 0.3) is 0 Å². The Morgan fingerprint density at radius 2 is 2.20 bits per heavy atom. The van der Waals surface area contributed by atoms with E-state index in [1.54, 1.807) is 27.8 Å². The van der Waals surface area contributed by atoms with Crippen LogP contribution in [-0.2, 0) is 34.5 Å². The van der Waals surface area contributed by atoms with Crippen LogP contribution in [0.15, 0.2) is 24.5 Å². The monoisotopic (exact) mass is 366 g/mol. The van der Waals surface area contributed by atoms with E-state index in [1.807, 2.05) is 13.0 Å². The highest BCUT2D eigenvalue weighted by atomic mass is 32.2. The molecule has 0 unspecified atom stereocenters. The average molecular weight is 366 g/mol. The van der Waals surface area contributed by atoms with E-state index in [9.17, 15) is 13.2 Å². The van der Waals surface area contributed by atoms with Crippen molar-refractivity contribution in [3.05, 3.63) is 35.9 Å². The van der Waals surface area contributed by atoms with E-state index in [4.69, 9.17) is 0 Å². The summed E-state index contributed by atoms with van der Waals surface area (Å²) in [6.07, 6.45) is 5.26. The molecule has 0 saturated carbocycles. The summed E-state index contributed by atoms with van der Waals surface area (Å²) in [6.45, 7) is 3.47. The van der Waals surface area contributed by atoms with Crippen molar-refractivity contribution in [1.82, 2.24) is 29.2 Å². The van der Waals surface area contributed by atoms with Crippen LogP contribution < -0.4 is 5.32 Å². The number of rotatable bonds is 6. The molecule has 0 spiro atoms. The molecule has 0 radical (unpaired) electrons. The van der Waals surface area contributed by atoms with Crippen molar-refractivity contribution in [1.29, 1.82) is 0 Å². The Hall–Kier alpha value is -2.20. The van der Waals surface area contributed by atoms with Crippen LogP contribution in [0.1, 0.15) is 30.8 Å². The molecule has 25 heavy (non-hydrogen) atoms. The van der Waals surface area contributed by atoms with Gasteiger partial charge in [0, 0.05) is 18.9 Å². The first kappa shape index (κ1) is 17.6. The standard InChI is InChI=1S/C15H22N6O3S/c1-3-14(21-6-4-5-17-21)15(22)16-10-12-9-13-11-19(25(2,23)24)7-8-20(13)18-12/h4-6,9,14H,3,7-8,10-11H2,1-2H3,(H,16,22)/t14-/m1/s1. The summed E-state index contributed by atoms with van der Waals surface area (Å²) >= 11 is 0. The smallest absolute Gasteiger partial charge is 0.245 e. The first-order valence-corrected chi connectivity index (χ1v) is 10.0. The largest absolute Gasteiger partial charge is 0.349 e. The molecule has 0 fully saturated rings. The van der Waals surface area contributed by atoms with Gasteiger partial charge in [0.15, 0.2) is 0 Å². The molecule has 1 amide bonds. The lowest BCUT2D eigenvalue weighted by Crippen LogP contribution is -2.37. The maximum absolute atomic E-state index is 12.4. The van der Waals surface area contributed by atoms with Crippen molar-refractivity contribution < 1.29 is 13.2 Å². The number of nitrogens with zero attached hydrogens (tertiary/aromatic N) is 5. The minimum Gasteiger partial charge on any atom is -0.349 e. The molecular formula is C15H22N6O3S. The first-order chi connectivity index (χ1) is 11.9. The number of hydrogen-bond acceptors (Lipinski definition) is 5. The molecule has 0 saturated heterocycles. The van der Waals surface area contributed by atoms with Gasteiger partial charge in [-0.2, -0.15) is 14.5 Å². The number of carbonyl (C=O) groups is 1. The second kappa shape index (κ2) is 6.96. The van der Waals surface area contributed by atoms with E-state index < -0.39 is 10.0 Å². The number of aromatic nitrogens is 4. The highest BCUT2D eigenvalue weighted by Gasteiger charge is 2.25. The highest BCUT2D eigenvalue weighted by molar-refractivity contribution is 7.88. The minimum absolute atomic E-state index is 0.116. The molecule has 1 atom stereocenters. The SMILES string of the molecule is CC[C@H](C(=O)NCc1cc2n(n1)CCN(S(C)(=O)=O)C2)n1cccn1. The molecule has 136 valence electrons. The van der Waals surface area contributed by atoms with E-state index in [0.29, 0.717) is 38.3 Å². The second-order valence-electron chi connectivity index (χ2n) is 6.07. The summed E-state index contributed by atoms with van der Waals surface area (Å²) in [7, 11) is -3.21. The number of carbonyl (C=O) groups excluding carboxylic acids is 1. The molecule has 3 heterocycles. The number of amides is 1. The van der Waals surface area contributed by atoms with Gasteiger partial charge in [-0.15, -0.1) is 0 Å². The Kier molecular flexibility index (Phi) is 4.91. The molecule has 1 aliphatic heterocycles. The summed E-state index contributed by atoms with van der Waals surface area (Å²) in [5.74, 6) is -0.116. The van der Waals surface area contributed by atoms with Crippen molar-refractivity contribution in [3.63, 3.8) is 0 Å². The average Bonchev–Trinajstić information content (AvgIpc) is 3.21. The zero-order valence-corrected chi connectivity index (χ0v) is 15.1. The number of fused-ring (bicyclic) bond motifs is 1. The fraction of sp³-hybridized carbons (Fsp3) is 0.533. The third-order valence-electron chi connectivity index (χ3n) is 4.26. The Bertz CT molecular complexity index is 843. The van der Waals surface area contributed by atoms with Crippen LogP contribution in [0, 0.1) is 0 Å². The van der Waals surface area contributed by atoms with Crippen molar-refractivity contribution in [3.8, 4) is 0 Å². The molecule has 3 rings (SSSR count). The predicted molar refractivity (Wildman–Crippen MR) is 90.9 cm³/mol. The quantitative estimate of drug-likeness (QED) is 0.782. The summed E-state index contributed by atoms with van der Waals surface area (Å²) < 4.78 is 28.2. The summed E-state index contributed by atoms with van der Waals surface area (Å²) in [5, 5.41) is 11.4. The maximum Gasteiger partial charge on any atom is 0.245 e. The van der Waals surface area contributed by atoms with Crippen molar-refractivity contribution in [2.24, 2.45) is 0 Å². The van der Waals surface area contributed by atoms with E-state index in [0.717, 1.165) is 5.69 Å². The zero-order chi connectivity index (χ0) is 18.0. The van der Waals surface area contributed by atoms with Gasteiger partial charge in [-0.25, -0.2) is 8.42 Å². The van der Waals surface area contributed by atoms with Gasteiger partial charge in [0.2, 0.25) is 15.9 Å². The summed E-state index contributed by atoms with van der Waals surface area (Å²) in [4.78, 5) is 12.4. The molecule has 0 aliphatic carbocycles.